The van der Waals surface area contributed by atoms with Crippen molar-refractivity contribution in [3.63, 3.8) is 0 Å². The molecule has 0 radical (unpaired) electrons. The molecule has 2 fully saturated rings. The lowest BCUT2D eigenvalue weighted by molar-refractivity contribution is -0.121. The maximum atomic E-state index is 13.1. The molecule has 0 unspecified atom stereocenters. The van der Waals surface area contributed by atoms with Crippen molar-refractivity contribution in [1.29, 1.82) is 0 Å². The molecule has 1 aliphatic carbocycles. The number of carbonyl (C=O) groups is 2. The molecule has 1 aromatic heterocycles. The second kappa shape index (κ2) is 9.45. The topological polar surface area (TPSA) is 125 Å². The standard InChI is InChI=1S/C19H26N6O4S2/c26-17(21-14-4-1-2-5-14)8-9-20-19(27)24-10-12-25(13-11-24)31(28,29)16-7-3-6-15-18(16)23-30-22-15/h3,6-7,14H,1-2,4-5,8-13H2,(H,20,27)(H,21,26). The first-order valence-corrected chi connectivity index (χ1v) is 12.7. The minimum absolute atomic E-state index is 0.0474. The fourth-order valence-corrected chi connectivity index (χ4v) is 6.20. The first kappa shape index (κ1) is 21.9. The highest BCUT2D eigenvalue weighted by Crippen LogP contribution is 2.25. The maximum Gasteiger partial charge on any atom is 0.317 e. The van der Waals surface area contributed by atoms with Gasteiger partial charge in [-0.1, -0.05) is 18.9 Å². The summed E-state index contributed by atoms with van der Waals surface area (Å²) < 4.78 is 35.7. The molecule has 2 heterocycles. The second-order valence-electron chi connectivity index (χ2n) is 7.81. The van der Waals surface area contributed by atoms with Crippen LogP contribution in [0.4, 0.5) is 4.79 Å². The van der Waals surface area contributed by atoms with Gasteiger partial charge in [0.25, 0.3) is 0 Å². The minimum atomic E-state index is -3.72. The van der Waals surface area contributed by atoms with E-state index >= 15 is 0 Å². The number of fused-ring (bicyclic) bond motifs is 1. The van der Waals surface area contributed by atoms with E-state index in [2.05, 4.69) is 19.4 Å². The van der Waals surface area contributed by atoms with Crippen LogP contribution in [-0.2, 0) is 14.8 Å². The van der Waals surface area contributed by atoms with Crippen molar-refractivity contribution in [3.8, 4) is 0 Å². The molecule has 2 aromatic rings. The number of aromatic nitrogens is 2. The van der Waals surface area contributed by atoms with E-state index in [1.807, 2.05) is 0 Å². The van der Waals surface area contributed by atoms with Crippen LogP contribution in [0.2, 0.25) is 0 Å². The van der Waals surface area contributed by atoms with E-state index in [0.717, 1.165) is 37.4 Å². The Bertz CT molecular complexity index is 1040. The monoisotopic (exact) mass is 466 g/mol. The van der Waals surface area contributed by atoms with Gasteiger partial charge in [0.05, 0.1) is 11.7 Å². The molecule has 1 aliphatic heterocycles. The molecule has 0 atom stereocenters. The third kappa shape index (κ3) is 4.96. The minimum Gasteiger partial charge on any atom is -0.353 e. The molecule has 12 heteroatoms. The molecule has 1 saturated carbocycles. The third-order valence-electron chi connectivity index (χ3n) is 5.74. The van der Waals surface area contributed by atoms with Crippen molar-refractivity contribution < 1.29 is 18.0 Å². The number of rotatable bonds is 6. The van der Waals surface area contributed by atoms with Crippen LogP contribution >= 0.6 is 11.7 Å². The zero-order valence-electron chi connectivity index (χ0n) is 17.1. The van der Waals surface area contributed by atoms with Crippen molar-refractivity contribution in [2.75, 3.05) is 32.7 Å². The van der Waals surface area contributed by atoms with Gasteiger partial charge in [0.15, 0.2) is 0 Å². The first-order chi connectivity index (χ1) is 14.9. The smallest absolute Gasteiger partial charge is 0.317 e. The van der Waals surface area contributed by atoms with Gasteiger partial charge < -0.3 is 15.5 Å². The van der Waals surface area contributed by atoms with Crippen molar-refractivity contribution in [1.82, 2.24) is 28.6 Å². The molecule has 31 heavy (non-hydrogen) atoms. The van der Waals surface area contributed by atoms with Gasteiger partial charge in [-0.05, 0) is 25.0 Å². The molecule has 2 aliphatic rings. The van der Waals surface area contributed by atoms with E-state index in [9.17, 15) is 18.0 Å². The van der Waals surface area contributed by atoms with Crippen LogP contribution in [0.1, 0.15) is 32.1 Å². The summed E-state index contributed by atoms with van der Waals surface area (Å²) in [6.45, 7) is 1.22. The quantitative estimate of drug-likeness (QED) is 0.658. The molecule has 0 spiro atoms. The lowest BCUT2D eigenvalue weighted by Crippen LogP contribution is -2.53. The van der Waals surface area contributed by atoms with E-state index in [4.69, 9.17) is 0 Å². The van der Waals surface area contributed by atoms with Crippen molar-refractivity contribution in [2.24, 2.45) is 0 Å². The Balaban J connectivity index is 1.25. The van der Waals surface area contributed by atoms with Crippen molar-refractivity contribution >= 4 is 44.7 Å². The molecule has 1 aromatic carbocycles. The number of nitrogens with zero attached hydrogens (tertiary/aromatic N) is 4. The number of hydrogen-bond donors (Lipinski definition) is 2. The molecule has 10 nitrogen and oxygen atoms in total. The SMILES string of the molecule is O=C(CCNC(=O)N1CCN(S(=O)(=O)c2cccc3nsnc23)CC1)NC1CCCC1. The van der Waals surface area contributed by atoms with Gasteiger partial charge in [-0.25, -0.2) is 13.2 Å². The van der Waals surface area contributed by atoms with Gasteiger partial charge in [0.2, 0.25) is 15.9 Å². The van der Waals surface area contributed by atoms with E-state index in [0.29, 0.717) is 11.0 Å². The van der Waals surface area contributed by atoms with Crippen molar-refractivity contribution in [3.05, 3.63) is 18.2 Å². The van der Waals surface area contributed by atoms with Crippen LogP contribution in [0.25, 0.3) is 11.0 Å². The predicted molar refractivity (Wildman–Crippen MR) is 116 cm³/mol. The van der Waals surface area contributed by atoms with E-state index in [-0.39, 0.29) is 62.0 Å². The van der Waals surface area contributed by atoms with Gasteiger partial charge in [-0.3, -0.25) is 4.79 Å². The first-order valence-electron chi connectivity index (χ1n) is 10.5. The number of sulfonamides is 1. The second-order valence-corrected chi connectivity index (χ2v) is 10.2. The van der Waals surface area contributed by atoms with E-state index in [1.165, 1.54) is 10.4 Å². The van der Waals surface area contributed by atoms with Gasteiger partial charge in [-0.15, -0.1) is 0 Å². The Morgan fingerprint density at radius 1 is 1.10 bits per heavy atom. The summed E-state index contributed by atoms with van der Waals surface area (Å²) >= 11 is 0.980. The number of piperazine rings is 1. The molecule has 4 rings (SSSR count). The van der Waals surface area contributed by atoms with Crippen LogP contribution in [-0.4, -0.2) is 77.1 Å². The normalized spacial score (nSPS) is 18.4. The summed E-state index contributed by atoms with van der Waals surface area (Å²) in [6, 6.07) is 4.91. The Hall–Kier alpha value is -2.31. The summed E-state index contributed by atoms with van der Waals surface area (Å²) in [5.74, 6) is -0.0474. The number of hydrogen-bond acceptors (Lipinski definition) is 7. The molecular formula is C19H26N6O4S2. The highest BCUT2D eigenvalue weighted by atomic mass is 32.2. The summed E-state index contributed by atoms with van der Waals surface area (Å²) in [5, 5.41) is 5.75. The zero-order chi connectivity index (χ0) is 21.8. The highest BCUT2D eigenvalue weighted by molar-refractivity contribution is 7.89. The van der Waals surface area contributed by atoms with Gasteiger partial charge in [0.1, 0.15) is 15.9 Å². The summed E-state index contributed by atoms with van der Waals surface area (Å²) in [5.41, 5.74) is 0.935. The van der Waals surface area contributed by atoms with E-state index < -0.39 is 10.0 Å². The molecule has 168 valence electrons. The Morgan fingerprint density at radius 2 is 1.84 bits per heavy atom. The lowest BCUT2D eigenvalue weighted by atomic mass is 10.2. The fraction of sp³-hybridized carbons (Fsp3) is 0.579. The summed E-state index contributed by atoms with van der Waals surface area (Å²) in [7, 11) is -3.72. The molecule has 0 bridgehead atoms. The zero-order valence-corrected chi connectivity index (χ0v) is 18.8. The van der Waals surface area contributed by atoms with Crippen LogP contribution in [0.15, 0.2) is 23.1 Å². The van der Waals surface area contributed by atoms with Gasteiger partial charge in [0, 0.05) is 45.2 Å². The summed E-state index contributed by atoms with van der Waals surface area (Å²) in [6.07, 6.45) is 4.60. The molecule has 3 amide bonds. The van der Waals surface area contributed by atoms with Crippen LogP contribution in [0.3, 0.4) is 0 Å². The molecular weight excluding hydrogens is 440 g/mol. The van der Waals surface area contributed by atoms with Crippen LogP contribution in [0.5, 0.6) is 0 Å². The predicted octanol–water partition coefficient (Wildman–Crippen LogP) is 1.16. The number of urea groups is 1. The third-order valence-corrected chi connectivity index (χ3v) is 8.21. The van der Waals surface area contributed by atoms with E-state index in [1.54, 1.807) is 17.0 Å². The average Bonchev–Trinajstić information content (AvgIpc) is 3.45. The molecule has 2 N–H and O–H groups in total. The number of benzene rings is 1. The lowest BCUT2D eigenvalue weighted by Gasteiger charge is -2.34. The largest absolute Gasteiger partial charge is 0.353 e. The maximum absolute atomic E-state index is 13.1. The molecule has 1 saturated heterocycles. The number of carbonyl (C=O) groups excluding carboxylic acids is 2. The van der Waals surface area contributed by atoms with Gasteiger partial charge in [-0.2, -0.15) is 13.1 Å². The fourth-order valence-electron chi connectivity index (χ4n) is 4.02. The highest BCUT2D eigenvalue weighted by Gasteiger charge is 2.32. The van der Waals surface area contributed by atoms with Crippen LogP contribution in [0, 0.1) is 0 Å². The number of nitrogens with one attached hydrogen (secondary N) is 2. The summed E-state index contributed by atoms with van der Waals surface area (Å²) in [4.78, 5) is 26.1. The van der Waals surface area contributed by atoms with Gasteiger partial charge >= 0.3 is 6.03 Å². The van der Waals surface area contributed by atoms with Crippen LogP contribution < -0.4 is 10.6 Å². The van der Waals surface area contributed by atoms with Crippen molar-refractivity contribution in [2.45, 2.75) is 43.0 Å². The Labute approximate surface area is 185 Å². The Morgan fingerprint density at radius 3 is 2.58 bits per heavy atom. The number of amides is 3. The Kier molecular flexibility index (Phi) is 6.68. The average molecular weight is 467 g/mol.